The van der Waals surface area contributed by atoms with Gasteiger partial charge in [-0.05, 0) is 99.9 Å². The Kier molecular flexibility index (Phi) is 9.90. The number of anilines is 2. The first-order valence-corrected chi connectivity index (χ1v) is 18.1. The summed E-state index contributed by atoms with van der Waals surface area (Å²) < 4.78 is 3.06. The van der Waals surface area contributed by atoms with E-state index in [0.717, 1.165) is 68.2 Å². The lowest BCUT2D eigenvalue weighted by molar-refractivity contribution is 0.0920. The van der Waals surface area contributed by atoms with Gasteiger partial charge in [0.1, 0.15) is 17.3 Å². The van der Waals surface area contributed by atoms with Gasteiger partial charge in [0, 0.05) is 35.3 Å². The molecule has 2 amide bonds. The SMILES string of the molecule is Cc1ccc(C(=O)NC2CC2)cc1-n1ncc(C(=O)C2CCCC2)c1N.Cc1ccc(C(=O)NC2CC2)cc1-n1ncc(C(=O)c2ccccn2)c1N. The third-order valence-electron chi connectivity index (χ3n) is 9.97. The van der Waals surface area contributed by atoms with Gasteiger partial charge in [0.05, 0.1) is 34.9 Å². The van der Waals surface area contributed by atoms with Crippen LogP contribution in [0.4, 0.5) is 11.6 Å². The molecule has 6 N–H and O–H groups in total. The quantitative estimate of drug-likeness (QED) is 0.139. The number of nitrogen functional groups attached to an aromatic ring is 2. The highest BCUT2D eigenvalue weighted by atomic mass is 16.2. The highest BCUT2D eigenvalue weighted by molar-refractivity contribution is 6.10. The summed E-state index contributed by atoms with van der Waals surface area (Å²) >= 11 is 0. The minimum atomic E-state index is -0.292. The van der Waals surface area contributed by atoms with Gasteiger partial charge in [-0.2, -0.15) is 10.2 Å². The fourth-order valence-corrected chi connectivity index (χ4v) is 6.46. The maximum atomic E-state index is 12.7. The molecule has 3 heterocycles. The van der Waals surface area contributed by atoms with E-state index in [1.54, 1.807) is 59.5 Å². The van der Waals surface area contributed by atoms with E-state index >= 15 is 0 Å². The number of aromatic nitrogens is 5. The van der Waals surface area contributed by atoms with E-state index in [1.807, 2.05) is 26.0 Å². The van der Waals surface area contributed by atoms with Crippen LogP contribution in [0.15, 0.2) is 73.2 Å². The first-order valence-electron chi connectivity index (χ1n) is 18.1. The van der Waals surface area contributed by atoms with Gasteiger partial charge < -0.3 is 22.1 Å². The topological polar surface area (TPSA) is 193 Å². The Morgan fingerprint density at radius 1 is 0.679 bits per heavy atom. The van der Waals surface area contributed by atoms with Crippen LogP contribution in [0.1, 0.15) is 110 Å². The molecule has 0 spiro atoms. The van der Waals surface area contributed by atoms with Crippen molar-refractivity contribution in [1.82, 2.24) is 35.2 Å². The fourth-order valence-electron chi connectivity index (χ4n) is 6.46. The minimum absolute atomic E-state index is 0.0618. The summed E-state index contributed by atoms with van der Waals surface area (Å²) in [5.41, 5.74) is 17.9. The van der Waals surface area contributed by atoms with Crippen LogP contribution < -0.4 is 22.1 Å². The number of rotatable bonds is 10. The Balaban J connectivity index is 0.000000164. The Bertz CT molecular complexity index is 2190. The fraction of sp³-hybridized carbons (Fsp3) is 0.325. The summed E-state index contributed by atoms with van der Waals surface area (Å²) in [7, 11) is 0. The molecule has 5 aromatic rings. The normalized spacial score (nSPS) is 15.4. The number of aryl methyl sites for hydroxylation is 2. The number of nitrogens with two attached hydrogens (primary N) is 2. The third kappa shape index (κ3) is 7.74. The molecule has 3 saturated carbocycles. The van der Waals surface area contributed by atoms with E-state index in [0.29, 0.717) is 39.9 Å². The number of amides is 2. The number of hydrogen-bond donors (Lipinski definition) is 4. The van der Waals surface area contributed by atoms with Gasteiger partial charge in [-0.1, -0.05) is 31.0 Å². The molecule has 0 aliphatic heterocycles. The highest BCUT2D eigenvalue weighted by Crippen LogP contribution is 2.31. The maximum absolute atomic E-state index is 12.7. The molecule has 3 aliphatic rings. The molecule has 53 heavy (non-hydrogen) atoms. The van der Waals surface area contributed by atoms with E-state index < -0.39 is 0 Å². The summed E-state index contributed by atoms with van der Waals surface area (Å²) in [4.78, 5) is 54.1. The summed E-state index contributed by atoms with van der Waals surface area (Å²) in [6.45, 7) is 3.84. The van der Waals surface area contributed by atoms with Crippen LogP contribution in [-0.4, -0.2) is 60.0 Å². The Labute approximate surface area is 307 Å². The van der Waals surface area contributed by atoms with E-state index in [2.05, 4.69) is 25.8 Å². The number of pyridine rings is 1. The molecule has 2 aromatic carbocycles. The van der Waals surface area contributed by atoms with Crippen molar-refractivity contribution in [3.63, 3.8) is 0 Å². The molecule has 0 atom stereocenters. The minimum Gasteiger partial charge on any atom is -0.383 e. The van der Waals surface area contributed by atoms with Gasteiger partial charge in [0.15, 0.2) is 5.78 Å². The molecule has 13 heteroatoms. The molecule has 0 saturated heterocycles. The van der Waals surface area contributed by atoms with E-state index in [1.165, 1.54) is 10.9 Å². The van der Waals surface area contributed by atoms with Crippen molar-refractivity contribution in [1.29, 1.82) is 0 Å². The number of benzene rings is 2. The van der Waals surface area contributed by atoms with Crippen LogP contribution in [0.25, 0.3) is 11.4 Å². The lowest BCUT2D eigenvalue weighted by atomic mass is 9.98. The Morgan fingerprint density at radius 2 is 1.19 bits per heavy atom. The molecule has 0 radical (unpaired) electrons. The van der Waals surface area contributed by atoms with Crippen molar-refractivity contribution >= 4 is 35.0 Å². The molecule has 0 bridgehead atoms. The zero-order valence-electron chi connectivity index (χ0n) is 29.8. The second-order valence-corrected chi connectivity index (χ2v) is 14.1. The zero-order chi connectivity index (χ0) is 37.2. The summed E-state index contributed by atoms with van der Waals surface area (Å²) in [5.74, 6) is 0.229. The summed E-state index contributed by atoms with van der Waals surface area (Å²) in [5, 5.41) is 14.6. The van der Waals surface area contributed by atoms with Crippen molar-refractivity contribution in [3.8, 4) is 11.4 Å². The third-order valence-corrected chi connectivity index (χ3v) is 9.97. The zero-order valence-corrected chi connectivity index (χ0v) is 29.8. The number of hydrogen-bond acceptors (Lipinski definition) is 9. The second kappa shape index (κ2) is 14.9. The van der Waals surface area contributed by atoms with Gasteiger partial charge >= 0.3 is 0 Å². The van der Waals surface area contributed by atoms with E-state index in [-0.39, 0.29) is 46.7 Å². The average molecular weight is 714 g/mol. The van der Waals surface area contributed by atoms with Crippen molar-refractivity contribution in [2.45, 2.75) is 77.3 Å². The number of Topliss-reactive ketones (excluding diaryl/α,β-unsaturated/α-hetero) is 1. The van der Waals surface area contributed by atoms with Gasteiger partial charge in [-0.15, -0.1) is 0 Å². The monoisotopic (exact) mass is 713 g/mol. The van der Waals surface area contributed by atoms with Crippen molar-refractivity contribution in [2.75, 3.05) is 11.5 Å². The molecule has 8 rings (SSSR count). The van der Waals surface area contributed by atoms with Crippen molar-refractivity contribution in [2.24, 2.45) is 5.92 Å². The first-order chi connectivity index (χ1) is 25.6. The molecule has 0 unspecified atom stereocenters. The number of nitrogens with one attached hydrogen (secondary N) is 2. The van der Waals surface area contributed by atoms with Crippen molar-refractivity contribution in [3.05, 3.63) is 112 Å². The maximum Gasteiger partial charge on any atom is 0.251 e. The van der Waals surface area contributed by atoms with E-state index in [4.69, 9.17) is 11.5 Å². The smallest absolute Gasteiger partial charge is 0.251 e. The largest absolute Gasteiger partial charge is 0.383 e. The Morgan fingerprint density at radius 3 is 1.68 bits per heavy atom. The molecule has 3 aliphatic carbocycles. The van der Waals surface area contributed by atoms with Gasteiger partial charge in [-0.3, -0.25) is 24.2 Å². The highest BCUT2D eigenvalue weighted by Gasteiger charge is 2.29. The predicted molar refractivity (Wildman–Crippen MR) is 200 cm³/mol. The lowest BCUT2D eigenvalue weighted by Crippen LogP contribution is -2.25. The van der Waals surface area contributed by atoms with Gasteiger partial charge in [0.2, 0.25) is 5.78 Å². The number of carbonyl (C=O) groups is 4. The summed E-state index contributed by atoms with van der Waals surface area (Å²) in [6.07, 6.45) is 12.7. The summed E-state index contributed by atoms with van der Waals surface area (Å²) in [6, 6.07) is 16.5. The van der Waals surface area contributed by atoms with Gasteiger partial charge in [0.25, 0.3) is 11.8 Å². The predicted octanol–water partition coefficient (Wildman–Crippen LogP) is 5.31. The molecule has 13 nitrogen and oxygen atoms in total. The molecular weight excluding hydrogens is 670 g/mol. The first kappa shape index (κ1) is 35.3. The van der Waals surface area contributed by atoms with Crippen LogP contribution in [-0.2, 0) is 0 Å². The molecule has 3 aromatic heterocycles. The van der Waals surface area contributed by atoms with E-state index in [9.17, 15) is 19.2 Å². The second-order valence-electron chi connectivity index (χ2n) is 14.1. The van der Waals surface area contributed by atoms with Crippen LogP contribution in [0, 0.1) is 19.8 Å². The lowest BCUT2D eigenvalue weighted by Gasteiger charge is -2.12. The molecular formula is C40H43N9O4. The molecule has 3 fully saturated rings. The van der Waals surface area contributed by atoms with Crippen LogP contribution in [0.2, 0.25) is 0 Å². The van der Waals surface area contributed by atoms with Crippen LogP contribution >= 0.6 is 0 Å². The number of nitrogens with zero attached hydrogens (tertiary/aromatic N) is 5. The van der Waals surface area contributed by atoms with Crippen LogP contribution in [0.3, 0.4) is 0 Å². The number of ketones is 2. The Hall–Kier alpha value is -6.11. The van der Waals surface area contributed by atoms with Crippen LogP contribution in [0.5, 0.6) is 0 Å². The van der Waals surface area contributed by atoms with Gasteiger partial charge in [-0.25, -0.2) is 9.36 Å². The average Bonchev–Trinajstić information content (AvgIpc) is 4.02. The number of carbonyl (C=O) groups excluding carboxylic acids is 4. The van der Waals surface area contributed by atoms with Crippen molar-refractivity contribution < 1.29 is 19.2 Å². The standard InChI is InChI=1S/C20H19N5O2.C20H24N4O2/c1-12-5-6-13(20(27)24-14-7-8-14)10-17(12)25-19(21)15(11-23-25)18(26)16-4-2-3-9-22-16;1-12-6-7-14(20(26)23-15-8-9-15)10-17(12)24-19(21)16(11-22-24)18(25)13-4-2-3-5-13/h2-6,9-11,14H,7-8,21H2,1H3,(H,24,27);6-7,10-11,13,15H,2-5,8-9,21H2,1H3,(H,23,26). The molecule has 272 valence electrons.